The largest absolute Gasteiger partial charge is 0.493 e. The van der Waals surface area contributed by atoms with Crippen LogP contribution < -0.4 is 15.4 Å². The minimum atomic E-state index is -2.97. The van der Waals surface area contributed by atoms with Crippen molar-refractivity contribution in [3.63, 3.8) is 0 Å². The van der Waals surface area contributed by atoms with E-state index in [2.05, 4.69) is 27.4 Å². The Morgan fingerprint density at radius 3 is 2.67 bits per heavy atom. The van der Waals surface area contributed by atoms with E-state index in [9.17, 15) is 13.2 Å². The molecule has 1 amide bonds. The molecule has 11 nitrogen and oxygen atoms in total. The molecule has 0 unspecified atom stereocenters. The second-order valence-electron chi connectivity index (χ2n) is 11.0. The van der Waals surface area contributed by atoms with Gasteiger partial charge in [-0.1, -0.05) is 32.3 Å². The number of rotatable bonds is 11. The van der Waals surface area contributed by atoms with Crippen molar-refractivity contribution in [1.82, 2.24) is 24.8 Å². The van der Waals surface area contributed by atoms with Gasteiger partial charge >= 0.3 is 6.09 Å². The maximum absolute atomic E-state index is 11.3. The molecule has 1 aliphatic heterocycles. The van der Waals surface area contributed by atoms with Crippen LogP contribution in [0.15, 0.2) is 42.7 Å². The first-order chi connectivity index (χ1) is 20.2. The van der Waals surface area contributed by atoms with Gasteiger partial charge in [-0.25, -0.2) is 18.2 Å². The summed E-state index contributed by atoms with van der Waals surface area (Å²) in [5, 5.41) is 15.3. The van der Waals surface area contributed by atoms with E-state index in [1.165, 1.54) is 44.8 Å². The Hall–Kier alpha value is -3.38. The number of nitrogens with one attached hydrogen (secondary N) is 2. The van der Waals surface area contributed by atoms with E-state index in [0.29, 0.717) is 37.6 Å². The van der Waals surface area contributed by atoms with Gasteiger partial charge in [-0.3, -0.25) is 4.90 Å². The summed E-state index contributed by atoms with van der Waals surface area (Å²) in [5.74, 6) is 2.33. The number of carbonyl (C=O) groups is 1. The first-order valence-electron chi connectivity index (χ1n) is 14.9. The number of benzene rings is 1. The van der Waals surface area contributed by atoms with Crippen LogP contribution in [0.3, 0.4) is 0 Å². The minimum absolute atomic E-state index is 0.127. The van der Waals surface area contributed by atoms with E-state index in [1.54, 1.807) is 6.20 Å². The van der Waals surface area contributed by atoms with Gasteiger partial charge in [0.25, 0.3) is 0 Å². The lowest BCUT2D eigenvalue weighted by atomic mass is 9.96. The van der Waals surface area contributed by atoms with Crippen molar-refractivity contribution in [2.75, 3.05) is 43.6 Å². The summed E-state index contributed by atoms with van der Waals surface area (Å²) in [5.41, 5.74) is 0.984. The minimum Gasteiger partial charge on any atom is -0.493 e. The Kier molecular flexibility index (Phi) is 11.4. The molecule has 0 bridgehead atoms. The Labute approximate surface area is 248 Å². The zero-order valence-electron chi connectivity index (χ0n) is 24.7. The molecule has 2 aliphatic rings. The third-order valence-corrected chi connectivity index (χ3v) is 8.86. The van der Waals surface area contributed by atoms with Crippen molar-refractivity contribution in [3.8, 4) is 11.6 Å². The van der Waals surface area contributed by atoms with Crippen molar-refractivity contribution in [1.29, 1.82) is 0 Å². The number of sulfone groups is 1. The standard InChI is InChI=1S/C22H28N4O3S.C8H16N2O2/c1-30(27,28)16-6-15-29-20-10-5-9-19-18(20)12-14-26(19)21-11-13-23-22(25-21)24-17-7-3-2-4-8-17;1-2-10-5-3-4-7(10)6-9-8(11)12/h5,9-14,17H,2-4,6-8,15-16H2,1H3,(H,23,24,25);7,9H,2-6H2,1H3,(H,11,12)/t;7-/m.0/s1. The van der Waals surface area contributed by atoms with Crippen molar-refractivity contribution in [2.45, 2.75) is 70.4 Å². The number of aromatic nitrogens is 3. The number of anilines is 1. The third kappa shape index (κ3) is 9.32. The molecule has 3 N–H and O–H groups in total. The van der Waals surface area contributed by atoms with E-state index < -0.39 is 15.9 Å². The highest BCUT2D eigenvalue weighted by atomic mass is 32.2. The average molecular weight is 601 g/mol. The topological polar surface area (TPSA) is 139 Å². The molecule has 1 atom stereocenters. The molecule has 12 heteroatoms. The van der Waals surface area contributed by atoms with E-state index in [-0.39, 0.29) is 5.75 Å². The maximum atomic E-state index is 11.3. The summed E-state index contributed by atoms with van der Waals surface area (Å²) >= 11 is 0. The molecule has 5 rings (SSSR count). The summed E-state index contributed by atoms with van der Waals surface area (Å²) in [7, 11) is -2.97. The maximum Gasteiger partial charge on any atom is 0.404 e. The van der Waals surface area contributed by atoms with Gasteiger partial charge in [-0.05, 0) is 69.5 Å². The van der Waals surface area contributed by atoms with Crippen LogP contribution in [0.25, 0.3) is 16.7 Å². The zero-order valence-corrected chi connectivity index (χ0v) is 25.5. The summed E-state index contributed by atoms with van der Waals surface area (Å²) in [6.07, 6.45) is 13.0. The van der Waals surface area contributed by atoms with E-state index in [4.69, 9.17) is 14.8 Å². The predicted molar refractivity (Wildman–Crippen MR) is 165 cm³/mol. The lowest BCUT2D eigenvalue weighted by Gasteiger charge is -2.22. The fourth-order valence-electron chi connectivity index (χ4n) is 5.70. The molecule has 3 aromatic rings. The summed E-state index contributed by atoms with van der Waals surface area (Å²) in [6, 6.07) is 10.6. The van der Waals surface area contributed by atoms with Gasteiger partial charge in [0.1, 0.15) is 21.4 Å². The van der Waals surface area contributed by atoms with Crippen molar-refractivity contribution < 1.29 is 23.1 Å². The van der Waals surface area contributed by atoms with Crippen LogP contribution in [0.5, 0.6) is 5.75 Å². The molecule has 1 saturated carbocycles. The molecule has 1 aliphatic carbocycles. The monoisotopic (exact) mass is 600 g/mol. The van der Waals surface area contributed by atoms with Gasteiger partial charge in [-0.15, -0.1) is 0 Å². The van der Waals surface area contributed by atoms with E-state index >= 15 is 0 Å². The second kappa shape index (κ2) is 15.2. The van der Waals surface area contributed by atoms with Crippen LogP contribution in [0.1, 0.15) is 58.3 Å². The van der Waals surface area contributed by atoms with Crippen LogP contribution in [-0.4, -0.2) is 89.4 Å². The summed E-state index contributed by atoms with van der Waals surface area (Å²) in [6.45, 7) is 5.18. The lowest BCUT2D eigenvalue weighted by Crippen LogP contribution is -2.39. The van der Waals surface area contributed by atoms with Crippen LogP contribution in [-0.2, 0) is 9.84 Å². The van der Waals surface area contributed by atoms with Gasteiger partial charge in [0.05, 0.1) is 17.9 Å². The van der Waals surface area contributed by atoms with E-state index in [1.807, 2.05) is 41.1 Å². The van der Waals surface area contributed by atoms with Crippen LogP contribution in [0.2, 0.25) is 0 Å². The second-order valence-corrected chi connectivity index (χ2v) is 13.3. The summed E-state index contributed by atoms with van der Waals surface area (Å²) in [4.78, 5) is 21.7. The van der Waals surface area contributed by atoms with Crippen LogP contribution >= 0.6 is 0 Å². The normalized spacial score (nSPS) is 17.9. The van der Waals surface area contributed by atoms with Crippen molar-refractivity contribution >= 4 is 32.8 Å². The van der Waals surface area contributed by atoms with Crippen molar-refractivity contribution in [3.05, 3.63) is 42.7 Å². The molecule has 2 fully saturated rings. The highest BCUT2D eigenvalue weighted by Crippen LogP contribution is 2.29. The van der Waals surface area contributed by atoms with E-state index in [0.717, 1.165) is 42.0 Å². The predicted octanol–water partition coefficient (Wildman–Crippen LogP) is 4.72. The lowest BCUT2D eigenvalue weighted by molar-refractivity contribution is 0.187. The Bertz CT molecular complexity index is 1410. The molecule has 2 aromatic heterocycles. The summed E-state index contributed by atoms with van der Waals surface area (Å²) < 4.78 is 30.5. The first-order valence-corrected chi connectivity index (χ1v) is 17.0. The molecule has 1 aromatic carbocycles. The number of nitrogens with zero attached hydrogens (tertiary/aromatic N) is 4. The molecule has 230 valence electrons. The molecule has 0 radical (unpaired) electrons. The number of hydrogen-bond donors (Lipinski definition) is 3. The van der Waals surface area contributed by atoms with Crippen molar-refractivity contribution in [2.24, 2.45) is 0 Å². The Morgan fingerprint density at radius 2 is 1.93 bits per heavy atom. The molecule has 42 heavy (non-hydrogen) atoms. The number of fused-ring (bicyclic) bond motifs is 1. The number of hydrogen-bond acceptors (Lipinski definition) is 8. The van der Waals surface area contributed by atoms with Gasteiger partial charge in [0.15, 0.2) is 0 Å². The van der Waals surface area contributed by atoms with Crippen LogP contribution in [0.4, 0.5) is 10.7 Å². The molecule has 3 heterocycles. The van der Waals surface area contributed by atoms with Gasteiger partial charge in [0, 0.05) is 42.7 Å². The Morgan fingerprint density at radius 1 is 1.12 bits per heavy atom. The van der Waals surface area contributed by atoms with Crippen LogP contribution in [0, 0.1) is 0 Å². The smallest absolute Gasteiger partial charge is 0.404 e. The zero-order chi connectivity index (χ0) is 30.0. The number of amides is 1. The fraction of sp³-hybridized carbons (Fsp3) is 0.567. The first kappa shape index (κ1) is 31.6. The number of carboxylic acid groups (broad SMARTS) is 1. The third-order valence-electron chi connectivity index (χ3n) is 7.83. The van der Waals surface area contributed by atoms with Gasteiger partial charge < -0.3 is 25.0 Å². The SMILES string of the molecule is CCN1CCC[C@H]1CNC(=O)O.CS(=O)(=O)CCCOc1cccc2c1ccn2-c1ccnc(NC2CCCCC2)n1. The molecule has 0 spiro atoms. The van der Waals surface area contributed by atoms with Gasteiger partial charge in [-0.2, -0.15) is 4.98 Å². The number of ether oxygens (including phenoxy) is 1. The quantitative estimate of drug-likeness (QED) is 0.267. The number of likely N-dealkylation sites (N-methyl/N-ethyl adjacent to an activating group) is 1. The van der Waals surface area contributed by atoms with Gasteiger partial charge in [0.2, 0.25) is 5.95 Å². The Balaban J connectivity index is 0.000000283. The molecule has 1 saturated heterocycles. The highest BCUT2D eigenvalue weighted by molar-refractivity contribution is 7.90. The number of likely N-dealkylation sites (tertiary alicyclic amines) is 1. The average Bonchev–Trinajstić information content (AvgIpc) is 3.62. The molecular formula is C30H44N6O5S. The molecular weight excluding hydrogens is 556 g/mol. The fourth-order valence-corrected chi connectivity index (χ4v) is 6.34. The highest BCUT2D eigenvalue weighted by Gasteiger charge is 2.22.